The van der Waals surface area contributed by atoms with Crippen LogP contribution in [0.4, 0.5) is 0 Å². The molecule has 3 heteroatoms. The zero-order valence-electron chi connectivity index (χ0n) is 10.7. The minimum atomic E-state index is -0.938. The Hall–Kier alpha value is -1.51. The Bertz CT molecular complexity index is 385. The smallest absolute Gasteiger partial charge is 0.339 e. The van der Waals surface area contributed by atoms with Gasteiger partial charge < -0.3 is 9.84 Å². The second-order valence-electron chi connectivity index (χ2n) is 4.22. The lowest BCUT2D eigenvalue weighted by Crippen LogP contribution is -2.05. The molecule has 3 nitrogen and oxygen atoms in total. The van der Waals surface area contributed by atoms with Crippen molar-refractivity contribution in [3.63, 3.8) is 0 Å². The quantitative estimate of drug-likeness (QED) is 0.819. The molecule has 17 heavy (non-hydrogen) atoms. The first kappa shape index (κ1) is 13.6. The minimum Gasteiger partial charge on any atom is -0.493 e. The van der Waals surface area contributed by atoms with Crippen LogP contribution in [0, 0.1) is 0 Å². The lowest BCUT2D eigenvalue weighted by Gasteiger charge is -2.13. The zero-order valence-corrected chi connectivity index (χ0v) is 10.7. The molecule has 1 unspecified atom stereocenters. The Balaban J connectivity index is 3.05. The minimum absolute atomic E-state index is 0.241. The lowest BCUT2D eigenvalue weighted by molar-refractivity contribution is 0.0692. The molecule has 0 heterocycles. The maximum Gasteiger partial charge on any atom is 0.339 e. The fourth-order valence-electron chi connectivity index (χ4n) is 1.59. The predicted molar refractivity (Wildman–Crippen MR) is 67.9 cm³/mol. The molecule has 0 saturated heterocycles. The van der Waals surface area contributed by atoms with E-state index in [2.05, 4.69) is 13.8 Å². The Kier molecular flexibility index (Phi) is 5.01. The van der Waals surface area contributed by atoms with Crippen LogP contribution in [0.5, 0.6) is 5.75 Å². The van der Waals surface area contributed by atoms with Crippen molar-refractivity contribution in [3.05, 3.63) is 29.3 Å². The van der Waals surface area contributed by atoms with E-state index in [0.717, 1.165) is 18.4 Å². The van der Waals surface area contributed by atoms with E-state index in [1.165, 1.54) is 0 Å². The van der Waals surface area contributed by atoms with Crippen LogP contribution in [-0.4, -0.2) is 17.7 Å². The number of aromatic carboxylic acids is 1. The molecule has 0 radical (unpaired) electrons. The molecule has 0 fully saturated rings. The second-order valence-corrected chi connectivity index (χ2v) is 4.22. The van der Waals surface area contributed by atoms with E-state index in [4.69, 9.17) is 9.84 Å². The second kappa shape index (κ2) is 6.28. The lowest BCUT2D eigenvalue weighted by atomic mass is 9.97. The maximum absolute atomic E-state index is 11.1. The van der Waals surface area contributed by atoms with Crippen molar-refractivity contribution in [1.29, 1.82) is 0 Å². The molecular weight excluding hydrogens is 216 g/mol. The van der Waals surface area contributed by atoms with Gasteiger partial charge in [0.1, 0.15) is 11.3 Å². The number of ether oxygens (including phenoxy) is 1. The number of hydrogen-bond donors (Lipinski definition) is 1. The van der Waals surface area contributed by atoms with E-state index in [1.807, 2.05) is 19.1 Å². The highest BCUT2D eigenvalue weighted by Gasteiger charge is 2.13. The standard InChI is InChI=1S/C14H20O3/c1-4-8-17-13-9-11(10(3)5-2)6-7-12(13)14(15)16/h6-7,9-10H,4-5,8H2,1-3H3,(H,15,16). The number of rotatable bonds is 6. The van der Waals surface area contributed by atoms with Crippen molar-refractivity contribution >= 4 is 5.97 Å². The first-order valence-corrected chi connectivity index (χ1v) is 6.10. The summed E-state index contributed by atoms with van der Waals surface area (Å²) in [6.45, 7) is 6.78. The van der Waals surface area contributed by atoms with Crippen molar-refractivity contribution < 1.29 is 14.6 Å². The molecule has 1 aromatic rings. The molecular formula is C14H20O3. The van der Waals surface area contributed by atoms with Gasteiger partial charge in [-0.05, 0) is 36.5 Å². The Labute approximate surface area is 102 Å². The van der Waals surface area contributed by atoms with E-state index in [1.54, 1.807) is 6.07 Å². The molecule has 0 aliphatic rings. The number of carbonyl (C=O) groups is 1. The van der Waals surface area contributed by atoms with Crippen LogP contribution in [0.3, 0.4) is 0 Å². The van der Waals surface area contributed by atoms with Crippen molar-refractivity contribution in [1.82, 2.24) is 0 Å². The summed E-state index contributed by atoms with van der Waals surface area (Å²) in [7, 11) is 0. The van der Waals surface area contributed by atoms with E-state index >= 15 is 0 Å². The number of benzene rings is 1. The molecule has 0 amide bonds. The van der Waals surface area contributed by atoms with Gasteiger partial charge in [-0.15, -0.1) is 0 Å². The number of carboxylic acids is 1. The van der Waals surface area contributed by atoms with Crippen LogP contribution in [0.15, 0.2) is 18.2 Å². The highest BCUT2D eigenvalue weighted by molar-refractivity contribution is 5.91. The molecule has 0 aliphatic carbocycles. The Morgan fingerprint density at radius 3 is 2.65 bits per heavy atom. The van der Waals surface area contributed by atoms with Gasteiger partial charge >= 0.3 is 5.97 Å². The van der Waals surface area contributed by atoms with Crippen molar-refractivity contribution in [2.24, 2.45) is 0 Å². The van der Waals surface area contributed by atoms with Crippen LogP contribution in [0.25, 0.3) is 0 Å². The van der Waals surface area contributed by atoms with E-state index in [0.29, 0.717) is 18.3 Å². The van der Waals surface area contributed by atoms with Gasteiger partial charge in [0.25, 0.3) is 0 Å². The van der Waals surface area contributed by atoms with Gasteiger partial charge in [-0.25, -0.2) is 4.79 Å². The molecule has 0 bridgehead atoms. The average molecular weight is 236 g/mol. The molecule has 1 atom stereocenters. The van der Waals surface area contributed by atoms with Gasteiger partial charge in [0.15, 0.2) is 0 Å². The van der Waals surface area contributed by atoms with Gasteiger partial charge in [0, 0.05) is 0 Å². The first-order chi connectivity index (χ1) is 8.10. The Morgan fingerprint density at radius 1 is 1.41 bits per heavy atom. The van der Waals surface area contributed by atoms with Crippen LogP contribution in [-0.2, 0) is 0 Å². The summed E-state index contributed by atoms with van der Waals surface area (Å²) in [5, 5.41) is 9.07. The largest absolute Gasteiger partial charge is 0.493 e. The summed E-state index contributed by atoms with van der Waals surface area (Å²) in [5.74, 6) is -0.0363. The van der Waals surface area contributed by atoms with E-state index in [9.17, 15) is 4.79 Å². The van der Waals surface area contributed by atoms with Crippen LogP contribution < -0.4 is 4.74 Å². The third kappa shape index (κ3) is 3.48. The molecule has 0 aromatic heterocycles. The summed E-state index contributed by atoms with van der Waals surface area (Å²) in [6.07, 6.45) is 1.90. The fraction of sp³-hybridized carbons (Fsp3) is 0.500. The summed E-state index contributed by atoms with van der Waals surface area (Å²) in [4.78, 5) is 11.1. The highest BCUT2D eigenvalue weighted by Crippen LogP contribution is 2.26. The van der Waals surface area contributed by atoms with E-state index in [-0.39, 0.29) is 5.56 Å². The normalized spacial score (nSPS) is 12.2. The molecule has 1 N–H and O–H groups in total. The topological polar surface area (TPSA) is 46.5 Å². The molecule has 94 valence electrons. The van der Waals surface area contributed by atoms with Crippen LogP contribution in [0.2, 0.25) is 0 Å². The third-order valence-corrected chi connectivity index (χ3v) is 2.88. The molecule has 1 rings (SSSR count). The summed E-state index contributed by atoms with van der Waals surface area (Å²) in [5.41, 5.74) is 1.37. The molecule has 0 spiro atoms. The summed E-state index contributed by atoms with van der Waals surface area (Å²) < 4.78 is 5.50. The number of hydrogen-bond acceptors (Lipinski definition) is 2. The zero-order chi connectivity index (χ0) is 12.8. The molecule has 0 aliphatic heterocycles. The average Bonchev–Trinajstić information content (AvgIpc) is 2.34. The summed E-state index contributed by atoms with van der Waals surface area (Å²) in [6, 6.07) is 5.36. The van der Waals surface area contributed by atoms with Crippen molar-refractivity contribution in [3.8, 4) is 5.75 Å². The fourth-order valence-corrected chi connectivity index (χ4v) is 1.59. The first-order valence-electron chi connectivity index (χ1n) is 6.10. The van der Waals surface area contributed by atoms with Crippen molar-refractivity contribution in [2.45, 2.75) is 39.5 Å². The third-order valence-electron chi connectivity index (χ3n) is 2.88. The van der Waals surface area contributed by atoms with Gasteiger partial charge in [-0.2, -0.15) is 0 Å². The monoisotopic (exact) mass is 236 g/mol. The van der Waals surface area contributed by atoms with Gasteiger partial charge in [0.2, 0.25) is 0 Å². The Morgan fingerprint density at radius 2 is 2.12 bits per heavy atom. The highest BCUT2D eigenvalue weighted by atomic mass is 16.5. The predicted octanol–water partition coefficient (Wildman–Crippen LogP) is 3.69. The van der Waals surface area contributed by atoms with Crippen LogP contribution >= 0.6 is 0 Å². The molecule has 0 saturated carbocycles. The molecule has 1 aromatic carbocycles. The van der Waals surface area contributed by atoms with E-state index < -0.39 is 5.97 Å². The maximum atomic E-state index is 11.1. The van der Waals surface area contributed by atoms with Crippen LogP contribution in [0.1, 0.15) is 55.5 Å². The van der Waals surface area contributed by atoms with Gasteiger partial charge in [-0.3, -0.25) is 0 Å². The number of carboxylic acid groups (broad SMARTS) is 1. The van der Waals surface area contributed by atoms with Gasteiger partial charge in [0.05, 0.1) is 6.61 Å². The summed E-state index contributed by atoms with van der Waals surface area (Å²) >= 11 is 0. The van der Waals surface area contributed by atoms with Gasteiger partial charge in [-0.1, -0.05) is 26.8 Å². The SMILES string of the molecule is CCCOc1cc(C(C)CC)ccc1C(=O)O. The van der Waals surface area contributed by atoms with Crippen molar-refractivity contribution in [2.75, 3.05) is 6.61 Å².